The number of aliphatic hydroxyl groups is 1. The van der Waals surface area contributed by atoms with Crippen molar-refractivity contribution in [2.75, 3.05) is 18.1 Å². The zero-order chi connectivity index (χ0) is 27.0. The van der Waals surface area contributed by atoms with Crippen molar-refractivity contribution in [1.82, 2.24) is 4.90 Å². The Morgan fingerprint density at radius 2 is 1.89 bits per heavy atom. The molecule has 0 unspecified atom stereocenters. The molecule has 204 valence electrons. The van der Waals surface area contributed by atoms with Gasteiger partial charge < -0.3 is 23.8 Å². The molecule has 2 amide bonds. The molecule has 2 aromatic carbocycles. The molecule has 3 aliphatic rings. The highest BCUT2D eigenvalue weighted by Crippen LogP contribution is 2.47. The van der Waals surface area contributed by atoms with Gasteiger partial charge in [-0.15, -0.1) is 0 Å². The molecule has 6 nitrogen and oxygen atoms in total. The summed E-state index contributed by atoms with van der Waals surface area (Å²) in [6.07, 6.45) is 2.27. The Morgan fingerprint density at radius 3 is 2.55 bits per heavy atom. The highest BCUT2D eigenvalue weighted by atomic mass is 28.4. The first-order valence-corrected chi connectivity index (χ1v) is 16.8. The number of aryl methyl sites for hydroxylation is 1. The number of carbonyl (C=O) groups excluding carboxylic acids is 2. The minimum absolute atomic E-state index is 0.00956. The maximum Gasteiger partial charge on any atom is 0.246 e. The van der Waals surface area contributed by atoms with Crippen LogP contribution >= 0.6 is 0 Å². The average molecular weight is 539 g/mol. The van der Waals surface area contributed by atoms with Gasteiger partial charge in [-0.1, -0.05) is 43.3 Å². The van der Waals surface area contributed by atoms with E-state index in [1.165, 1.54) is 5.56 Å². The molecule has 1 N–H and O–H groups in total. The van der Waals surface area contributed by atoms with Crippen LogP contribution in [0.4, 0.5) is 9.80 Å². The van der Waals surface area contributed by atoms with Crippen LogP contribution in [0.25, 0.3) is 0 Å². The summed E-state index contributed by atoms with van der Waals surface area (Å²) >= 11 is 0. The molecule has 2 fully saturated rings. The number of ether oxygens (including phenoxy) is 1. The standard InChI is InChI=1S/C30H39FN2O4Si/c1-20-26(12-11-21-7-6-10-24(15-21)32-14-13-28(32)35)37-27(30(20)38(2,3)31)17-29(36)33-18-23-9-5-4-8-22(23)16-25(33)19-34/h4-10,15,20,25-27,30,34H,11-14,16-19H2,1-3H3/t20-,25-,26+,27-,30+/m0/s1. The van der Waals surface area contributed by atoms with Gasteiger partial charge in [-0.2, -0.15) is 0 Å². The fraction of sp³-hybridized carbons (Fsp3) is 0.533. The number of hydrogen-bond acceptors (Lipinski definition) is 4. The van der Waals surface area contributed by atoms with E-state index in [1.807, 2.05) is 30.3 Å². The Kier molecular flexibility index (Phi) is 7.76. The number of rotatable bonds is 8. The zero-order valence-corrected chi connectivity index (χ0v) is 23.6. The largest absolute Gasteiger partial charge is 0.394 e. The number of halogens is 1. The van der Waals surface area contributed by atoms with Crippen molar-refractivity contribution < 1.29 is 23.5 Å². The van der Waals surface area contributed by atoms with Gasteiger partial charge in [0.25, 0.3) is 0 Å². The lowest BCUT2D eigenvalue weighted by atomic mass is 9.93. The topological polar surface area (TPSA) is 70.1 Å². The smallest absolute Gasteiger partial charge is 0.246 e. The summed E-state index contributed by atoms with van der Waals surface area (Å²) in [7, 11) is -3.12. The first-order valence-electron chi connectivity index (χ1n) is 13.9. The molecule has 2 saturated heterocycles. The van der Waals surface area contributed by atoms with Crippen molar-refractivity contribution in [2.24, 2.45) is 5.92 Å². The number of carbonyl (C=O) groups is 2. The Hall–Kier alpha value is -2.55. The van der Waals surface area contributed by atoms with Gasteiger partial charge in [0.05, 0.1) is 31.3 Å². The molecule has 0 aliphatic carbocycles. The molecule has 8 heteroatoms. The van der Waals surface area contributed by atoms with Gasteiger partial charge in [0.2, 0.25) is 20.2 Å². The molecule has 0 saturated carbocycles. The van der Waals surface area contributed by atoms with E-state index in [1.54, 1.807) is 22.9 Å². The number of anilines is 1. The SMILES string of the molecule is C[C@@H]1[C@@H]([Si](C)(C)F)[C@H](CC(=O)N2Cc3ccccc3C[C@H]2CO)O[C@@H]1CCc1cccc(N2CCC2=O)c1. The minimum Gasteiger partial charge on any atom is -0.394 e. The molecule has 0 aromatic heterocycles. The number of fused-ring (bicyclic) bond motifs is 1. The fourth-order valence-corrected chi connectivity index (χ4v) is 9.23. The van der Waals surface area contributed by atoms with Gasteiger partial charge in [-0.25, -0.2) is 0 Å². The predicted molar refractivity (Wildman–Crippen MR) is 148 cm³/mol. The van der Waals surface area contributed by atoms with E-state index < -0.39 is 14.5 Å². The van der Waals surface area contributed by atoms with Gasteiger partial charge in [0.1, 0.15) is 0 Å². The molecule has 0 radical (unpaired) electrons. The van der Waals surface area contributed by atoms with E-state index in [9.17, 15) is 14.7 Å². The van der Waals surface area contributed by atoms with Gasteiger partial charge in [-0.05, 0) is 67.1 Å². The van der Waals surface area contributed by atoms with Crippen molar-refractivity contribution in [3.05, 3.63) is 65.2 Å². The molecule has 0 spiro atoms. The lowest BCUT2D eigenvalue weighted by molar-refractivity contribution is -0.138. The first kappa shape index (κ1) is 27.0. The lowest BCUT2D eigenvalue weighted by Gasteiger charge is -2.37. The number of nitrogens with zero attached hydrogens (tertiary/aromatic N) is 2. The third kappa shape index (κ3) is 5.44. The Bertz CT molecular complexity index is 1180. The quantitative estimate of drug-likeness (QED) is 0.302. The monoisotopic (exact) mass is 538 g/mol. The van der Waals surface area contributed by atoms with Gasteiger partial charge >= 0.3 is 0 Å². The van der Waals surface area contributed by atoms with Crippen molar-refractivity contribution in [1.29, 1.82) is 0 Å². The molecule has 0 bridgehead atoms. The van der Waals surface area contributed by atoms with Gasteiger partial charge in [0.15, 0.2) is 0 Å². The number of aliphatic hydroxyl groups excluding tert-OH is 1. The maximum atomic E-state index is 15.6. The molecular formula is C30H39FN2O4Si. The summed E-state index contributed by atoms with van der Waals surface area (Å²) in [5.74, 6) is 0.0860. The summed E-state index contributed by atoms with van der Waals surface area (Å²) in [5.41, 5.74) is 4.05. The van der Waals surface area contributed by atoms with Crippen molar-refractivity contribution in [2.45, 2.75) is 82.5 Å². The molecule has 38 heavy (non-hydrogen) atoms. The summed E-state index contributed by atoms with van der Waals surface area (Å²) in [6, 6.07) is 15.8. The zero-order valence-electron chi connectivity index (χ0n) is 22.6. The lowest BCUT2D eigenvalue weighted by Crippen LogP contribution is -2.48. The number of β-lactam (4-membered cyclic amide) rings is 1. The van der Waals surface area contributed by atoms with Crippen LogP contribution in [0.1, 0.15) is 42.9 Å². The minimum atomic E-state index is -3.12. The molecule has 5 atom stereocenters. The maximum absolute atomic E-state index is 15.6. The van der Waals surface area contributed by atoms with E-state index >= 15 is 4.11 Å². The second-order valence-corrected chi connectivity index (χ2v) is 15.5. The Balaban J connectivity index is 1.27. The molecular weight excluding hydrogens is 499 g/mol. The van der Waals surface area contributed by atoms with E-state index in [2.05, 4.69) is 25.1 Å². The number of benzene rings is 2. The first-order chi connectivity index (χ1) is 18.2. The second-order valence-electron chi connectivity index (χ2n) is 11.7. The van der Waals surface area contributed by atoms with Crippen molar-refractivity contribution in [3.8, 4) is 0 Å². The fourth-order valence-electron chi connectivity index (χ4n) is 6.68. The van der Waals surface area contributed by atoms with Crippen molar-refractivity contribution >= 4 is 25.9 Å². The summed E-state index contributed by atoms with van der Waals surface area (Å²) in [4.78, 5) is 29.0. The van der Waals surface area contributed by atoms with Crippen LogP contribution in [-0.2, 0) is 33.7 Å². The number of amides is 2. The van der Waals surface area contributed by atoms with E-state index in [4.69, 9.17) is 4.74 Å². The molecule has 3 heterocycles. The van der Waals surface area contributed by atoms with Crippen LogP contribution in [0.2, 0.25) is 18.6 Å². The third-order valence-electron chi connectivity index (χ3n) is 8.75. The van der Waals surface area contributed by atoms with Crippen LogP contribution in [0.15, 0.2) is 48.5 Å². The highest BCUT2D eigenvalue weighted by molar-refractivity contribution is 6.72. The Labute approximate surface area is 226 Å². The van der Waals surface area contributed by atoms with E-state index in [0.717, 1.165) is 36.2 Å². The average Bonchev–Trinajstić information content (AvgIpc) is 3.20. The van der Waals surface area contributed by atoms with Crippen LogP contribution in [0.5, 0.6) is 0 Å². The summed E-state index contributed by atoms with van der Waals surface area (Å²) < 4.78 is 22.1. The van der Waals surface area contributed by atoms with E-state index in [-0.39, 0.29) is 48.4 Å². The second kappa shape index (κ2) is 10.9. The summed E-state index contributed by atoms with van der Waals surface area (Å²) in [5, 5.41) is 10.0. The van der Waals surface area contributed by atoms with Gasteiger partial charge in [-0.3, -0.25) is 9.59 Å². The molecule has 5 rings (SSSR count). The molecule has 3 aliphatic heterocycles. The highest BCUT2D eigenvalue weighted by Gasteiger charge is 2.52. The number of hydrogen-bond donors (Lipinski definition) is 1. The van der Waals surface area contributed by atoms with Crippen molar-refractivity contribution in [3.63, 3.8) is 0 Å². The normalized spacial score (nSPS) is 27.3. The molecule has 2 aromatic rings. The van der Waals surface area contributed by atoms with Gasteiger partial charge in [0, 0.05) is 30.7 Å². The van der Waals surface area contributed by atoms with Crippen LogP contribution in [0.3, 0.4) is 0 Å². The third-order valence-corrected chi connectivity index (χ3v) is 11.2. The van der Waals surface area contributed by atoms with Crippen LogP contribution < -0.4 is 4.90 Å². The predicted octanol–water partition coefficient (Wildman–Crippen LogP) is 4.64. The van der Waals surface area contributed by atoms with Crippen LogP contribution in [-0.4, -0.2) is 61.6 Å². The van der Waals surface area contributed by atoms with Crippen LogP contribution in [0, 0.1) is 5.92 Å². The Morgan fingerprint density at radius 1 is 1.13 bits per heavy atom. The van der Waals surface area contributed by atoms with E-state index in [0.29, 0.717) is 19.4 Å². The summed E-state index contributed by atoms with van der Waals surface area (Å²) in [6.45, 7) is 6.63.